The van der Waals surface area contributed by atoms with Gasteiger partial charge in [0.1, 0.15) is 6.10 Å². The van der Waals surface area contributed by atoms with E-state index >= 15 is 0 Å². The lowest BCUT2D eigenvalue weighted by Crippen LogP contribution is -2.13. The minimum absolute atomic E-state index is 0.833. The van der Waals surface area contributed by atoms with E-state index in [9.17, 15) is 14.4 Å². The first-order valence-electron chi connectivity index (χ1n) is 3.80. The molecule has 0 aromatic carbocycles. The van der Waals surface area contributed by atoms with Gasteiger partial charge < -0.3 is 20.4 Å². The van der Waals surface area contributed by atoms with Gasteiger partial charge in [0.25, 0.3) is 0 Å². The highest BCUT2D eigenvalue weighted by molar-refractivity contribution is 5.79. The van der Waals surface area contributed by atoms with Crippen molar-refractivity contribution in [3.05, 3.63) is 25.3 Å². The predicted octanol–water partition coefficient (Wildman–Crippen LogP) is -0.0342. The summed E-state index contributed by atoms with van der Waals surface area (Å²) >= 11 is 0. The number of rotatable bonds is 3. The Hall–Kier alpha value is -2.15. The Morgan fingerprint density at radius 2 is 1.12 bits per heavy atom. The van der Waals surface area contributed by atoms with Gasteiger partial charge in [-0.25, -0.2) is 14.4 Å². The number of carbonyl (C=O) groups is 3. The summed E-state index contributed by atoms with van der Waals surface area (Å²) in [5.74, 6) is -3.15. The van der Waals surface area contributed by atoms with Crippen LogP contribution in [0, 0.1) is 0 Å². The molecule has 7 nitrogen and oxygen atoms in total. The van der Waals surface area contributed by atoms with E-state index < -0.39 is 24.0 Å². The summed E-state index contributed by atoms with van der Waals surface area (Å²) in [5, 5.41) is 31.0. The Kier molecular flexibility index (Phi) is 15.6. The van der Waals surface area contributed by atoms with Crippen LogP contribution in [-0.2, 0) is 14.4 Å². The Morgan fingerprint density at radius 1 is 1.00 bits per heavy atom. The molecule has 1 atom stereocenters. The summed E-state index contributed by atoms with van der Waals surface area (Å²) < 4.78 is 0. The Balaban J connectivity index is -0.000000160. The molecule has 92 valence electrons. The third-order valence-electron chi connectivity index (χ3n) is 0.707. The normalized spacial score (nSPS) is 9.12. The van der Waals surface area contributed by atoms with Crippen LogP contribution in [0.1, 0.15) is 6.92 Å². The first kappa shape index (κ1) is 19.4. The number of carboxylic acids is 3. The zero-order valence-corrected chi connectivity index (χ0v) is 8.66. The van der Waals surface area contributed by atoms with Gasteiger partial charge in [-0.3, -0.25) is 0 Å². The second-order valence-electron chi connectivity index (χ2n) is 2.10. The molecule has 4 N–H and O–H groups in total. The van der Waals surface area contributed by atoms with Crippen molar-refractivity contribution in [2.45, 2.75) is 13.0 Å². The third kappa shape index (κ3) is 40.8. The quantitative estimate of drug-likeness (QED) is 0.504. The number of hydrogen-bond donors (Lipinski definition) is 4. The van der Waals surface area contributed by atoms with Gasteiger partial charge in [0, 0.05) is 12.2 Å². The molecule has 0 heterocycles. The molecule has 0 aliphatic heterocycles. The Bertz CT molecular complexity index is 237. The molecule has 0 saturated carbocycles. The largest absolute Gasteiger partial charge is 0.479 e. The summed E-state index contributed by atoms with van der Waals surface area (Å²) in [6.45, 7) is 7.12. The number of hydrogen-bond acceptors (Lipinski definition) is 4. The van der Waals surface area contributed by atoms with Crippen LogP contribution in [-0.4, -0.2) is 44.4 Å². The molecule has 0 unspecified atom stereocenters. The van der Waals surface area contributed by atoms with Crippen molar-refractivity contribution in [3.63, 3.8) is 0 Å². The van der Waals surface area contributed by atoms with Crippen LogP contribution in [0.2, 0.25) is 0 Å². The molecule has 0 spiro atoms. The van der Waals surface area contributed by atoms with Crippen molar-refractivity contribution in [1.29, 1.82) is 0 Å². The van der Waals surface area contributed by atoms with Gasteiger partial charge in [-0.05, 0) is 6.92 Å². The zero-order chi connectivity index (χ0) is 13.7. The van der Waals surface area contributed by atoms with E-state index in [-0.39, 0.29) is 0 Å². The SMILES string of the molecule is C=CC(=O)O.C=CC(=O)O.C[C@H](O)C(=O)O. The van der Waals surface area contributed by atoms with Crippen LogP contribution in [0.3, 0.4) is 0 Å². The molecule has 0 radical (unpaired) electrons. The lowest BCUT2D eigenvalue weighted by atomic mass is 10.4. The zero-order valence-electron chi connectivity index (χ0n) is 8.66. The van der Waals surface area contributed by atoms with E-state index in [2.05, 4.69) is 13.2 Å². The van der Waals surface area contributed by atoms with E-state index in [1.807, 2.05) is 0 Å². The van der Waals surface area contributed by atoms with Gasteiger partial charge in [-0.15, -0.1) is 0 Å². The first-order chi connectivity index (χ1) is 7.18. The van der Waals surface area contributed by atoms with E-state index in [1.54, 1.807) is 0 Å². The van der Waals surface area contributed by atoms with E-state index in [0.717, 1.165) is 12.2 Å². The molecule has 0 aromatic heterocycles. The van der Waals surface area contributed by atoms with Gasteiger partial charge in [0.2, 0.25) is 0 Å². The minimum Gasteiger partial charge on any atom is -0.479 e. The number of aliphatic hydroxyl groups is 1. The predicted molar refractivity (Wildman–Crippen MR) is 55.0 cm³/mol. The van der Waals surface area contributed by atoms with Gasteiger partial charge in [-0.1, -0.05) is 13.2 Å². The van der Waals surface area contributed by atoms with Gasteiger partial charge in [0.05, 0.1) is 0 Å². The molecule has 16 heavy (non-hydrogen) atoms. The molecule has 0 bridgehead atoms. The molecule has 0 aliphatic carbocycles. The van der Waals surface area contributed by atoms with Crippen molar-refractivity contribution in [2.24, 2.45) is 0 Å². The highest BCUT2D eigenvalue weighted by Crippen LogP contribution is 1.73. The van der Waals surface area contributed by atoms with Crippen molar-refractivity contribution < 1.29 is 34.8 Å². The van der Waals surface area contributed by atoms with Crippen LogP contribution >= 0.6 is 0 Å². The highest BCUT2D eigenvalue weighted by atomic mass is 16.4. The topological polar surface area (TPSA) is 132 Å². The lowest BCUT2D eigenvalue weighted by molar-refractivity contribution is -0.145. The standard InChI is InChI=1S/C3H6O3.2C3H4O2/c1-2(4)3(5)6;2*1-2-3(4)5/h2,4H,1H3,(H,5,6);2*2H,1H2,(H,4,5)/t2-;;/m0../s1. The molecule has 0 rings (SSSR count). The molecular weight excluding hydrogens is 220 g/mol. The third-order valence-corrected chi connectivity index (χ3v) is 0.707. The van der Waals surface area contributed by atoms with E-state index in [0.29, 0.717) is 0 Å². The number of aliphatic carboxylic acids is 3. The van der Waals surface area contributed by atoms with Crippen molar-refractivity contribution >= 4 is 17.9 Å². The van der Waals surface area contributed by atoms with E-state index in [1.165, 1.54) is 6.92 Å². The maximum atomic E-state index is 9.45. The molecule has 7 heteroatoms. The maximum absolute atomic E-state index is 9.45. The van der Waals surface area contributed by atoms with Crippen molar-refractivity contribution in [3.8, 4) is 0 Å². The summed E-state index contributed by atoms with van der Waals surface area (Å²) in [4.78, 5) is 27.9. The van der Waals surface area contributed by atoms with Crippen molar-refractivity contribution in [1.82, 2.24) is 0 Å². The average molecular weight is 234 g/mol. The Labute approximate surface area is 92.0 Å². The summed E-state index contributed by atoms with van der Waals surface area (Å²) in [6, 6.07) is 0. The second-order valence-corrected chi connectivity index (χ2v) is 2.10. The lowest BCUT2D eigenvalue weighted by Gasteiger charge is -1.89. The van der Waals surface area contributed by atoms with Crippen LogP contribution in [0.15, 0.2) is 25.3 Å². The molecule has 0 fully saturated rings. The fourth-order valence-corrected chi connectivity index (χ4v) is 0. The molecule has 0 aromatic rings. The van der Waals surface area contributed by atoms with Gasteiger partial charge in [-0.2, -0.15) is 0 Å². The van der Waals surface area contributed by atoms with E-state index in [4.69, 9.17) is 20.4 Å². The number of aliphatic hydroxyl groups excluding tert-OH is 1. The van der Waals surface area contributed by atoms with Gasteiger partial charge >= 0.3 is 17.9 Å². The fourth-order valence-electron chi connectivity index (χ4n) is 0. The van der Waals surface area contributed by atoms with Gasteiger partial charge in [0.15, 0.2) is 0 Å². The summed E-state index contributed by atoms with van der Waals surface area (Å²) in [6.07, 6.45) is 0.435. The smallest absolute Gasteiger partial charge is 0.332 e. The maximum Gasteiger partial charge on any atom is 0.332 e. The molecule has 0 amide bonds. The van der Waals surface area contributed by atoms with Crippen molar-refractivity contribution in [2.75, 3.05) is 0 Å². The number of carboxylic acid groups (broad SMARTS) is 3. The van der Waals surface area contributed by atoms with Crippen LogP contribution in [0.4, 0.5) is 0 Å². The highest BCUT2D eigenvalue weighted by Gasteiger charge is 2.01. The monoisotopic (exact) mass is 234 g/mol. The Morgan fingerprint density at radius 3 is 1.12 bits per heavy atom. The summed E-state index contributed by atoms with van der Waals surface area (Å²) in [5.41, 5.74) is 0. The summed E-state index contributed by atoms with van der Waals surface area (Å²) in [7, 11) is 0. The second kappa shape index (κ2) is 12.8. The minimum atomic E-state index is -1.23. The van der Waals surface area contributed by atoms with Crippen LogP contribution in [0.5, 0.6) is 0 Å². The van der Waals surface area contributed by atoms with Crippen LogP contribution < -0.4 is 0 Å². The molecular formula is C9H14O7. The first-order valence-corrected chi connectivity index (χ1v) is 3.80. The fraction of sp³-hybridized carbons (Fsp3) is 0.222. The molecule has 0 saturated heterocycles. The van der Waals surface area contributed by atoms with Crippen LogP contribution in [0.25, 0.3) is 0 Å². The average Bonchev–Trinajstić information content (AvgIpc) is 2.19. The molecule has 0 aliphatic rings.